The van der Waals surface area contributed by atoms with Gasteiger partial charge in [0.25, 0.3) is 0 Å². The molecule has 1 saturated heterocycles. The van der Waals surface area contributed by atoms with E-state index in [1.807, 2.05) is 36.1 Å². The van der Waals surface area contributed by atoms with E-state index in [4.69, 9.17) is 0 Å². The highest BCUT2D eigenvalue weighted by molar-refractivity contribution is 9.10. The van der Waals surface area contributed by atoms with Gasteiger partial charge in [0.1, 0.15) is 0 Å². The molecule has 7 heteroatoms. The Morgan fingerprint density at radius 1 is 1.32 bits per heavy atom. The lowest BCUT2D eigenvalue weighted by molar-refractivity contribution is -0.136. The van der Waals surface area contributed by atoms with Crippen molar-refractivity contribution in [1.82, 2.24) is 20.1 Å². The van der Waals surface area contributed by atoms with Gasteiger partial charge in [0.2, 0.25) is 11.1 Å². The van der Waals surface area contributed by atoms with Crippen LogP contribution in [-0.4, -0.2) is 43.3 Å². The van der Waals surface area contributed by atoms with E-state index in [-0.39, 0.29) is 11.2 Å². The standard InChI is InChI=1S/C18H23BrN4OS/c1-11-7-6-8-12(2)23(11)17(24)13(3)25-18-20-16(21-22-18)14-9-4-5-10-15(14)19/h4-5,9-13H,6-8H2,1-3H3,(H,20,21,22)/t11-,12+,13-/m1/s1. The fraction of sp³-hybridized carbons (Fsp3) is 0.500. The molecule has 2 aromatic rings. The van der Waals surface area contributed by atoms with Crippen LogP contribution in [0.3, 0.4) is 0 Å². The Morgan fingerprint density at radius 2 is 2.00 bits per heavy atom. The monoisotopic (exact) mass is 422 g/mol. The van der Waals surface area contributed by atoms with Crippen molar-refractivity contribution in [3.8, 4) is 11.4 Å². The maximum absolute atomic E-state index is 12.9. The van der Waals surface area contributed by atoms with E-state index in [9.17, 15) is 4.79 Å². The summed E-state index contributed by atoms with van der Waals surface area (Å²) in [5, 5.41) is 7.64. The first-order chi connectivity index (χ1) is 12.0. The van der Waals surface area contributed by atoms with Crippen molar-refractivity contribution in [2.75, 3.05) is 0 Å². The summed E-state index contributed by atoms with van der Waals surface area (Å²) in [5.41, 5.74) is 0.958. The highest BCUT2D eigenvalue weighted by Crippen LogP contribution is 2.30. The Bertz CT molecular complexity index is 740. The minimum Gasteiger partial charge on any atom is -0.336 e. The zero-order valence-corrected chi connectivity index (χ0v) is 17.1. The number of benzene rings is 1. The highest BCUT2D eigenvalue weighted by atomic mass is 79.9. The number of hydrogen-bond acceptors (Lipinski definition) is 4. The molecule has 5 nitrogen and oxygen atoms in total. The smallest absolute Gasteiger partial charge is 0.236 e. The summed E-state index contributed by atoms with van der Waals surface area (Å²) in [6.07, 6.45) is 3.37. The Kier molecular flexibility index (Phi) is 5.84. The number of aromatic amines is 1. The van der Waals surface area contributed by atoms with Gasteiger partial charge in [0.05, 0.1) is 5.25 Å². The zero-order chi connectivity index (χ0) is 18.0. The summed E-state index contributed by atoms with van der Waals surface area (Å²) in [4.78, 5) is 19.5. The molecular weight excluding hydrogens is 400 g/mol. The van der Waals surface area contributed by atoms with Crippen molar-refractivity contribution in [3.05, 3.63) is 28.7 Å². The van der Waals surface area contributed by atoms with Gasteiger partial charge in [0.15, 0.2) is 5.82 Å². The summed E-state index contributed by atoms with van der Waals surface area (Å²) in [5.74, 6) is 0.881. The van der Waals surface area contributed by atoms with E-state index in [1.165, 1.54) is 18.2 Å². The van der Waals surface area contributed by atoms with Gasteiger partial charge >= 0.3 is 0 Å². The van der Waals surface area contributed by atoms with E-state index in [0.717, 1.165) is 22.9 Å². The van der Waals surface area contributed by atoms with Crippen molar-refractivity contribution >= 4 is 33.6 Å². The van der Waals surface area contributed by atoms with Crippen molar-refractivity contribution in [1.29, 1.82) is 0 Å². The molecule has 0 unspecified atom stereocenters. The van der Waals surface area contributed by atoms with Crippen molar-refractivity contribution in [2.24, 2.45) is 0 Å². The molecule has 2 heterocycles. The molecule has 0 saturated carbocycles. The van der Waals surface area contributed by atoms with Gasteiger partial charge in [-0.3, -0.25) is 9.89 Å². The average molecular weight is 423 g/mol. The molecule has 0 radical (unpaired) electrons. The first-order valence-electron chi connectivity index (χ1n) is 8.63. The summed E-state index contributed by atoms with van der Waals surface area (Å²) < 4.78 is 0.961. The van der Waals surface area contributed by atoms with Crippen LogP contribution >= 0.6 is 27.7 Å². The summed E-state index contributed by atoms with van der Waals surface area (Å²) in [6, 6.07) is 8.48. The SMILES string of the molecule is C[C@@H]1CCC[C@H](C)N1C(=O)[C@@H](C)Sc1n[nH]c(-c2ccccc2Br)n1. The second-order valence-electron chi connectivity index (χ2n) is 6.58. The molecule has 25 heavy (non-hydrogen) atoms. The van der Waals surface area contributed by atoms with Crippen molar-refractivity contribution in [2.45, 2.75) is 62.5 Å². The number of H-pyrrole nitrogens is 1. The number of carbonyl (C=O) groups excluding carboxylic acids is 1. The zero-order valence-electron chi connectivity index (χ0n) is 14.7. The van der Waals surface area contributed by atoms with Crippen molar-refractivity contribution < 1.29 is 4.79 Å². The van der Waals surface area contributed by atoms with Gasteiger partial charge in [-0.1, -0.05) is 45.9 Å². The number of amides is 1. The molecule has 3 atom stereocenters. The molecule has 1 N–H and O–H groups in total. The predicted octanol–water partition coefficient (Wildman–Crippen LogP) is 4.50. The number of nitrogens with one attached hydrogen (secondary N) is 1. The molecule has 0 aliphatic carbocycles. The first-order valence-corrected chi connectivity index (χ1v) is 10.3. The van der Waals surface area contributed by atoms with Gasteiger partial charge in [-0.25, -0.2) is 4.98 Å². The van der Waals surface area contributed by atoms with Gasteiger partial charge in [-0.15, -0.1) is 5.10 Å². The van der Waals surface area contributed by atoms with Gasteiger partial charge in [0, 0.05) is 22.1 Å². The minimum atomic E-state index is -0.203. The molecule has 1 aromatic heterocycles. The van der Waals surface area contributed by atoms with E-state index in [0.29, 0.717) is 23.1 Å². The number of thioether (sulfide) groups is 1. The van der Waals surface area contributed by atoms with E-state index < -0.39 is 0 Å². The number of likely N-dealkylation sites (tertiary alicyclic amines) is 1. The third-order valence-electron chi connectivity index (χ3n) is 4.67. The van der Waals surface area contributed by atoms with Crippen LogP contribution in [0.5, 0.6) is 0 Å². The third kappa shape index (κ3) is 4.08. The lowest BCUT2D eigenvalue weighted by atomic mass is 9.97. The predicted molar refractivity (Wildman–Crippen MR) is 104 cm³/mol. The summed E-state index contributed by atoms with van der Waals surface area (Å²) >= 11 is 4.94. The highest BCUT2D eigenvalue weighted by Gasteiger charge is 2.32. The van der Waals surface area contributed by atoms with Gasteiger partial charge in [-0.05, 0) is 46.1 Å². The minimum absolute atomic E-state index is 0.178. The van der Waals surface area contributed by atoms with Crippen LogP contribution in [-0.2, 0) is 4.79 Å². The Hall–Kier alpha value is -1.34. The van der Waals surface area contributed by atoms with Crippen LogP contribution < -0.4 is 0 Å². The topological polar surface area (TPSA) is 61.9 Å². The van der Waals surface area contributed by atoms with Gasteiger partial charge in [-0.2, -0.15) is 0 Å². The lowest BCUT2D eigenvalue weighted by Gasteiger charge is -2.40. The number of halogens is 1. The lowest BCUT2D eigenvalue weighted by Crippen LogP contribution is -2.50. The number of rotatable bonds is 4. The Morgan fingerprint density at radius 3 is 2.68 bits per heavy atom. The van der Waals surface area contributed by atoms with Crippen LogP contribution in [0.25, 0.3) is 11.4 Å². The maximum Gasteiger partial charge on any atom is 0.236 e. The molecule has 0 bridgehead atoms. The van der Waals surface area contributed by atoms with Crippen molar-refractivity contribution in [3.63, 3.8) is 0 Å². The molecule has 1 aromatic carbocycles. The number of aromatic nitrogens is 3. The molecule has 1 amide bonds. The number of nitrogens with zero attached hydrogens (tertiary/aromatic N) is 3. The quantitative estimate of drug-likeness (QED) is 0.736. The Balaban J connectivity index is 1.70. The first kappa shape index (κ1) is 18.5. The number of hydrogen-bond donors (Lipinski definition) is 1. The van der Waals surface area contributed by atoms with Crippen LogP contribution in [0.4, 0.5) is 0 Å². The summed E-state index contributed by atoms with van der Waals surface area (Å²) in [6.45, 7) is 6.22. The van der Waals surface area contributed by atoms with E-state index >= 15 is 0 Å². The average Bonchev–Trinajstić information content (AvgIpc) is 3.03. The fourth-order valence-electron chi connectivity index (χ4n) is 3.35. The van der Waals surface area contributed by atoms with Crippen LogP contribution in [0.15, 0.2) is 33.9 Å². The molecule has 0 spiro atoms. The number of piperidine rings is 1. The molecule has 134 valence electrons. The summed E-state index contributed by atoms with van der Waals surface area (Å²) in [7, 11) is 0. The second kappa shape index (κ2) is 7.91. The molecule has 1 fully saturated rings. The maximum atomic E-state index is 12.9. The normalized spacial score (nSPS) is 22.0. The second-order valence-corrected chi connectivity index (χ2v) is 8.74. The van der Waals surface area contributed by atoms with Crippen LogP contribution in [0.2, 0.25) is 0 Å². The largest absolute Gasteiger partial charge is 0.336 e. The molecule has 1 aliphatic rings. The van der Waals surface area contributed by atoms with Gasteiger partial charge < -0.3 is 4.90 Å². The molecule has 3 rings (SSSR count). The van der Waals surface area contributed by atoms with E-state index in [2.05, 4.69) is 45.0 Å². The Labute approximate surface area is 161 Å². The number of carbonyl (C=O) groups is 1. The van der Waals surface area contributed by atoms with Crippen LogP contribution in [0, 0.1) is 0 Å². The molecule has 1 aliphatic heterocycles. The van der Waals surface area contributed by atoms with Crippen LogP contribution in [0.1, 0.15) is 40.0 Å². The van der Waals surface area contributed by atoms with E-state index in [1.54, 1.807) is 0 Å². The fourth-order valence-corrected chi connectivity index (χ4v) is 4.60. The third-order valence-corrected chi connectivity index (χ3v) is 6.31. The molecular formula is C18H23BrN4OS.